The van der Waals surface area contributed by atoms with Gasteiger partial charge in [-0.05, 0) is 43.7 Å². The number of ether oxygens (including phenoxy) is 1. The minimum Gasteiger partial charge on any atom is -0.377 e. The molecule has 4 rings (SSSR count). The molecule has 6 nitrogen and oxygen atoms in total. The number of rotatable bonds is 4. The van der Waals surface area contributed by atoms with E-state index in [-0.39, 0.29) is 12.0 Å². The van der Waals surface area contributed by atoms with Crippen LogP contribution in [-0.2, 0) is 4.74 Å². The van der Waals surface area contributed by atoms with Crippen molar-refractivity contribution in [2.24, 2.45) is 5.92 Å². The van der Waals surface area contributed by atoms with E-state index in [0.29, 0.717) is 17.6 Å². The van der Waals surface area contributed by atoms with Gasteiger partial charge in [-0.15, -0.1) is 0 Å². The number of hydrogen-bond acceptors (Lipinski definition) is 6. The van der Waals surface area contributed by atoms with Gasteiger partial charge in [0.2, 0.25) is 11.7 Å². The number of aromatic nitrogens is 3. The van der Waals surface area contributed by atoms with E-state index in [1.807, 2.05) is 12.3 Å². The molecular weight excluding hydrogens is 316 g/mol. The molecule has 0 unspecified atom stereocenters. The Balaban J connectivity index is 1.50. The highest BCUT2D eigenvalue weighted by Gasteiger charge is 2.36. The molecule has 0 radical (unpaired) electrons. The fourth-order valence-electron chi connectivity index (χ4n) is 3.86. The van der Waals surface area contributed by atoms with Crippen LogP contribution in [0.1, 0.15) is 51.3 Å². The molecule has 2 aliphatic rings. The van der Waals surface area contributed by atoms with Gasteiger partial charge in [-0.1, -0.05) is 19.0 Å². The van der Waals surface area contributed by atoms with Crippen molar-refractivity contribution in [3.63, 3.8) is 0 Å². The van der Waals surface area contributed by atoms with Crippen LogP contribution in [0.4, 0.5) is 5.82 Å². The minimum atomic E-state index is 0.160. The first kappa shape index (κ1) is 16.5. The van der Waals surface area contributed by atoms with Gasteiger partial charge in [0.05, 0.1) is 12.0 Å². The predicted molar refractivity (Wildman–Crippen MR) is 95.5 cm³/mol. The van der Waals surface area contributed by atoms with E-state index < -0.39 is 0 Å². The molecule has 25 heavy (non-hydrogen) atoms. The molecule has 2 aliphatic heterocycles. The molecule has 0 aliphatic carbocycles. The third-order valence-corrected chi connectivity index (χ3v) is 5.24. The molecule has 2 saturated heterocycles. The number of nitrogens with zero attached hydrogens (tertiary/aromatic N) is 4. The molecule has 2 aromatic heterocycles. The normalized spacial score (nSPS) is 24.2. The van der Waals surface area contributed by atoms with Gasteiger partial charge in [0.25, 0.3) is 0 Å². The second-order valence-corrected chi connectivity index (χ2v) is 7.38. The molecule has 0 N–H and O–H groups in total. The number of pyridine rings is 1. The fraction of sp³-hybridized carbons (Fsp3) is 0.632. The van der Waals surface area contributed by atoms with Crippen molar-refractivity contribution < 1.29 is 9.26 Å². The molecule has 2 fully saturated rings. The largest absolute Gasteiger partial charge is 0.377 e. The molecule has 2 atom stereocenters. The monoisotopic (exact) mass is 342 g/mol. The third kappa shape index (κ3) is 3.40. The lowest BCUT2D eigenvalue weighted by molar-refractivity contribution is 0.0627. The van der Waals surface area contributed by atoms with Crippen LogP contribution < -0.4 is 4.90 Å². The maximum atomic E-state index is 5.83. The highest BCUT2D eigenvalue weighted by atomic mass is 16.5. The standard InChI is InChI=1S/C19H26N4O2/c1-13(2)17-15(8-11-24-17)19-21-18(22-25-19)14-6-7-16(20-12-14)23-9-4-3-5-10-23/h6-7,12-13,15,17H,3-5,8-11H2,1-2H3/t15-,17+/m1/s1. The number of hydrogen-bond donors (Lipinski definition) is 0. The summed E-state index contributed by atoms with van der Waals surface area (Å²) in [4.78, 5) is 11.6. The van der Waals surface area contributed by atoms with Crippen LogP contribution in [0, 0.1) is 5.92 Å². The van der Waals surface area contributed by atoms with Gasteiger partial charge >= 0.3 is 0 Å². The zero-order valence-electron chi connectivity index (χ0n) is 15.0. The topological polar surface area (TPSA) is 64.3 Å². The van der Waals surface area contributed by atoms with Gasteiger partial charge in [-0.3, -0.25) is 0 Å². The second kappa shape index (κ2) is 7.12. The number of anilines is 1. The van der Waals surface area contributed by atoms with Crippen molar-refractivity contribution in [3.05, 3.63) is 24.2 Å². The molecule has 134 valence electrons. The summed E-state index contributed by atoms with van der Waals surface area (Å²) in [7, 11) is 0. The van der Waals surface area contributed by atoms with Crippen LogP contribution in [-0.4, -0.2) is 40.9 Å². The van der Waals surface area contributed by atoms with Crippen LogP contribution >= 0.6 is 0 Å². The van der Waals surface area contributed by atoms with Crippen molar-refractivity contribution in [1.29, 1.82) is 0 Å². The van der Waals surface area contributed by atoms with Gasteiger partial charge < -0.3 is 14.2 Å². The first-order valence-corrected chi connectivity index (χ1v) is 9.39. The van der Waals surface area contributed by atoms with E-state index in [9.17, 15) is 0 Å². The van der Waals surface area contributed by atoms with Gasteiger partial charge in [0, 0.05) is 31.5 Å². The Morgan fingerprint density at radius 1 is 1.16 bits per heavy atom. The summed E-state index contributed by atoms with van der Waals surface area (Å²) in [5.41, 5.74) is 0.899. The average Bonchev–Trinajstić information content (AvgIpc) is 3.32. The molecule has 0 saturated carbocycles. The molecular formula is C19H26N4O2. The van der Waals surface area contributed by atoms with Crippen molar-refractivity contribution >= 4 is 5.82 Å². The van der Waals surface area contributed by atoms with Crippen molar-refractivity contribution in [2.45, 2.75) is 51.6 Å². The SMILES string of the molecule is CC(C)[C@@H]1OCC[C@H]1c1nc(-c2ccc(N3CCCCC3)nc2)no1. The van der Waals surface area contributed by atoms with Crippen molar-refractivity contribution in [2.75, 3.05) is 24.6 Å². The smallest absolute Gasteiger partial charge is 0.232 e. The summed E-state index contributed by atoms with van der Waals surface area (Å²) in [6, 6.07) is 4.10. The maximum absolute atomic E-state index is 5.83. The van der Waals surface area contributed by atoms with Crippen LogP contribution in [0.3, 0.4) is 0 Å². The van der Waals surface area contributed by atoms with Gasteiger partial charge in [0.1, 0.15) is 5.82 Å². The van der Waals surface area contributed by atoms with Crippen molar-refractivity contribution in [1.82, 2.24) is 15.1 Å². The molecule has 0 amide bonds. The van der Waals surface area contributed by atoms with Crippen LogP contribution in [0.15, 0.2) is 22.9 Å². The zero-order valence-corrected chi connectivity index (χ0v) is 15.0. The predicted octanol–water partition coefficient (Wildman–Crippen LogP) is 3.65. The van der Waals surface area contributed by atoms with E-state index in [1.165, 1.54) is 19.3 Å². The van der Waals surface area contributed by atoms with E-state index in [2.05, 4.69) is 39.9 Å². The Kier molecular flexibility index (Phi) is 4.70. The minimum absolute atomic E-state index is 0.160. The Bertz CT molecular complexity index is 692. The fourth-order valence-corrected chi connectivity index (χ4v) is 3.86. The summed E-state index contributed by atoms with van der Waals surface area (Å²) in [6.07, 6.45) is 6.77. The Morgan fingerprint density at radius 2 is 2.00 bits per heavy atom. The molecule has 0 bridgehead atoms. The van der Waals surface area contributed by atoms with Gasteiger partial charge in [-0.2, -0.15) is 4.98 Å². The maximum Gasteiger partial charge on any atom is 0.232 e. The van der Waals surface area contributed by atoms with Crippen molar-refractivity contribution in [3.8, 4) is 11.4 Å². The first-order chi connectivity index (χ1) is 12.2. The molecule has 2 aromatic rings. The average molecular weight is 342 g/mol. The van der Waals surface area contributed by atoms with Crippen LogP contribution in [0.5, 0.6) is 0 Å². The zero-order chi connectivity index (χ0) is 17.2. The Morgan fingerprint density at radius 3 is 2.72 bits per heavy atom. The lowest BCUT2D eigenvalue weighted by Crippen LogP contribution is -2.29. The summed E-state index contributed by atoms with van der Waals surface area (Å²) >= 11 is 0. The van der Waals surface area contributed by atoms with Crippen LogP contribution in [0.25, 0.3) is 11.4 Å². The Hall–Kier alpha value is -1.95. The first-order valence-electron chi connectivity index (χ1n) is 9.39. The molecule has 4 heterocycles. The summed E-state index contributed by atoms with van der Waals surface area (Å²) in [6.45, 7) is 7.29. The molecule has 6 heteroatoms. The third-order valence-electron chi connectivity index (χ3n) is 5.24. The van der Waals surface area contributed by atoms with E-state index >= 15 is 0 Å². The highest BCUT2D eigenvalue weighted by molar-refractivity contribution is 5.56. The highest BCUT2D eigenvalue weighted by Crippen LogP contribution is 2.35. The molecule has 0 aromatic carbocycles. The lowest BCUT2D eigenvalue weighted by Gasteiger charge is -2.27. The van der Waals surface area contributed by atoms with E-state index in [1.54, 1.807) is 0 Å². The Labute approximate surface area is 148 Å². The summed E-state index contributed by atoms with van der Waals surface area (Å²) < 4.78 is 11.4. The second-order valence-electron chi connectivity index (χ2n) is 7.38. The number of piperidine rings is 1. The van der Waals surface area contributed by atoms with E-state index in [0.717, 1.165) is 37.5 Å². The summed E-state index contributed by atoms with van der Waals surface area (Å²) in [5, 5.41) is 4.17. The quantitative estimate of drug-likeness (QED) is 0.845. The van der Waals surface area contributed by atoms with E-state index in [4.69, 9.17) is 9.26 Å². The van der Waals surface area contributed by atoms with Gasteiger partial charge in [0.15, 0.2) is 0 Å². The summed E-state index contributed by atoms with van der Waals surface area (Å²) in [5.74, 6) is 2.97. The molecule has 0 spiro atoms. The van der Waals surface area contributed by atoms with Gasteiger partial charge in [-0.25, -0.2) is 4.98 Å². The van der Waals surface area contributed by atoms with Crippen LogP contribution in [0.2, 0.25) is 0 Å². The lowest BCUT2D eigenvalue weighted by atomic mass is 9.93.